The molecule has 1 N–H and O–H groups in total. The van der Waals surface area contributed by atoms with Gasteiger partial charge < -0.3 is 9.84 Å². The third-order valence-electron chi connectivity index (χ3n) is 5.13. The highest BCUT2D eigenvalue weighted by Crippen LogP contribution is 2.26. The monoisotopic (exact) mass is 417 g/mol. The summed E-state index contributed by atoms with van der Waals surface area (Å²) in [6.45, 7) is 2.49. The van der Waals surface area contributed by atoms with Crippen LogP contribution in [0.15, 0.2) is 78.9 Å². The third-order valence-corrected chi connectivity index (χ3v) is 5.13. The summed E-state index contributed by atoms with van der Waals surface area (Å²) in [7, 11) is 1.78. The Balaban J connectivity index is 1.73. The van der Waals surface area contributed by atoms with Crippen LogP contribution in [0.25, 0.3) is 0 Å². The van der Waals surface area contributed by atoms with Gasteiger partial charge in [-0.1, -0.05) is 54.6 Å². The van der Waals surface area contributed by atoms with E-state index in [0.29, 0.717) is 29.8 Å². The topological polar surface area (TPSA) is 66.8 Å². The summed E-state index contributed by atoms with van der Waals surface area (Å²) in [5.74, 6) is -0.204. The average molecular weight is 418 g/mol. The number of carboxylic acid groups (broad SMARTS) is 1. The predicted molar refractivity (Wildman–Crippen MR) is 121 cm³/mol. The fourth-order valence-corrected chi connectivity index (χ4v) is 3.44. The zero-order chi connectivity index (χ0) is 22.2. The van der Waals surface area contributed by atoms with Crippen molar-refractivity contribution in [3.05, 3.63) is 101 Å². The number of carbonyl (C=O) groups excluding carboxylic acids is 1. The van der Waals surface area contributed by atoms with Gasteiger partial charge in [0.1, 0.15) is 11.9 Å². The van der Waals surface area contributed by atoms with Crippen LogP contribution in [-0.2, 0) is 4.79 Å². The Morgan fingerprint density at radius 2 is 1.58 bits per heavy atom. The van der Waals surface area contributed by atoms with E-state index in [1.165, 1.54) is 0 Å². The van der Waals surface area contributed by atoms with Crippen molar-refractivity contribution in [2.45, 2.75) is 19.4 Å². The van der Waals surface area contributed by atoms with Gasteiger partial charge in [0.15, 0.2) is 5.78 Å². The molecule has 0 amide bonds. The first-order valence-corrected chi connectivity index (χ1v) is 10.3. The number of hydrogen-bond acceptors (Lipinski definition) is 4. The lowest BCUT2D eigenvalue weighted by molar-refractivity contribution is -0.138. The summed E-state index contributed by atoms with van der Waals surface area (Å²) in [5.41, 5.74) is 3.27. The van der Waals surface area contributed by atoms with Crippen molar-refractivity contribution in [1.29, 1.82) is 0 Å². The molecular formula is C26H27NO4. The van der Waals surface area contributed by atoms with Gasteiger partial charge in [0.2, 0.25) is 0 Å². The predicted octanol–water partition coefficient (Wildman–Crippen LogP) is 4.75. The van der Waals surface area contributed by atoms with E-state index in [4.69, 9.17) is 9.84 Å². The van der Waals surface area contributed by atoms with Crippen molar-refractivity contribution in [1.82, 2.24) is 4.90 Å². The van der Waals surface area contributed by atoms with E-state index < -0.39 is 5.97 Å². The standard InChI is InChI=1S/C26H27NO4/c1-19-8-6-7-11-23(19)26(30)21-12-14-22(15-13-21)31-24(20-9-4-3-5-10-20)16-17-27(2)18-25(28)29/h3-15,24H,16-18H2,1-2H3,(H,28,29). The lowest BCUT2D eigenvalue weighted by Crippen LogP contribution is -2.28. The first-order chi connectivity index (χ1) is 14.9. The highest BCUT2D eigenvalue weighted by molar-refractivity contribution is 6.09. The minimum Gasteiger partial charge on any atom is -0.486 e. The van der Waals surface area contributed by atoms with Crippen LogP contribution in [0.3, 0.4) is 0 Å². The van der Waals surface area contributed by atoms with Crippen LogP contribution < -0.4 is 4.74 Å². The Hall–Kier alpha value is -3.44. The zero-order valence-electron chi connectivity index (χ0n) is 17.8. The first kappa shape index (κ1) is 22.2. The number of ketones is 1. The molecule has 0 aliphatic rings. The van der Waals surface area contributed by atoms with Gasteiger partial charge in [0, 0.05) is 24.1 Å². The molecule has 0 radical (unpaired) electrons. The van der Waals surface area contributed by atoms with Crippen molar-refractivity contribution in [2.75, 3.05) is 20.1 Å². The molecule has 0 aliphatic carbocycles. The number of ether oxygens (including phenoxy) is 1. The van der Waals surface area contributed by atoms with Crippen molar-refractivity contribution in [2.24, 2.45) is 0 Å². The second-order valence-electron chi connectivity index (χ2n) is 7.61. The van der Waals surface area contributed by atoms with E-state index in [2.05, 4.69) is 0 Å². The highest BCUT2D eigenvalue weighted by Gasteiger charge is 2.16. The van der Waals surface area contributed by atoms with Gasteiger partial charge in [-0.05, 0) is 49.4 Å². The second kappa shape index (κ2) is 10.5. The molecule has 5 heteroatoms. The summed E-state index contributed by atoms with van der Waals surface area (Å²) in [6, 6.07) is 24.6. The van der Waals surface area contributed by atoms with Gasteiger partial charge >= 0.3 is 5.97 Å². The van der Waals surface area contributed by atoms with E-state index in [0.717, 1.165) is 11.1 Å². The fraction of sp³-hybridized carbons (Fsp3) is 0.231. The molecule has 0 heterocycles. The molecule has 0 aromatic heterocycles. The molecule has 3 aromatic carbocycles. The quantitative estimate of drug-likeness (QED) is 0.482. The third kappa shape index (κ3) is 6.27. The highest BCUT2D eigenvalue weighted by atomic mass is 16.5. The molecule has 0 saturated heterocycles. The smallest absolute Gasteiger partial charge is 0.317 e. The van der Waals surface area contributed by atoms with Gasteiger partial charge in [0.25, 0.3) is 0 Å². The van der Waals surface area contributed by atoms with Gasteiger partial charge in [-0.2, -0.15) is 0 Å². The molecule has 0 aliphatic heterocycles. The Kier molecular flexibility index (Phi) is 7.57. The van der Waals surface area contributed by atoms with Crippen LogP contribution in [0.2, 0.25) is 0 Å². The van der Waals surface area contributed by atoms with Crippen LogP contribution in [0, 0.1) is 6.92 Å². The summed E-state index contributed by atoms with van der Waals surface area (Å²) in [5, 5.41) is 8.97. The Labute approximate surface area is 182 Å². The molecule has 0 saturated carbocycles. The van der Waals surface area contributed by atoms with Gasteiger partial charge in [-0.15, -0.1) is 0 Å². The lowest BCUT2D eigenvalue weighted by atomic mass is 9.99. The number of likely N-dealkylation sites (N-methyl/N-ethyl adjacent to an activating group) is 1. The molecule has 3 aromatic rings. The maximum Gasteiger partial charge on any atom is 0.317 e. The number of aryl methyl sites for hydroxylation is 1. The normalized spacial score (nSPS) is 11.8. The van der Waals surface area contributed by atoms with E-state index in [9.17, 15) is 9.59 Å². The number of nitrogens with zero attached hydrogens (tertiary/aromatic N) is 1. The van der Waals surface area contributed by atoms with Crippen LogP contribution >= 0.6 is 0 Å². The lowest BCUT2D eigenvalue weighted by Gasteiger charge is -2.22. The molecule has 0 bridgehead atoms. The van der Waals surface area contributed by atoms with Crippen molar-refractivity contribution in [3.63, 3.8) is 0 Å². The Bertz CT molecular complexity index is 1020. The fourth-order valence-electron chi connectivity index (χ4n) is 3.44. The van der Waals surface area contributed by atoms with Crippen molar-refractivity contribution in [3.8, 4) is 5.75 Å². The van der Waals surface area contributed by atoms with Crippen LogP contribution in [0.5, 0.6) is 5.75 Å². The van der Waals surface area contributed by atoms with Crippen molar-refractivity contribution < 1.29 is 19.4 Å². The average Bonchev–Trinajstić information content (AvgIpc) is 2.77. The van der Waals surface area contributed by atoms with Gasteiger partial charge in [-0.25, -0.2) is 0 Å². The van der Waals surface area contributed by atoms with E-state index >= 15 is 0 Å². The Morgan fingerprint density at radius 1 is 0.935 bits per heavy atom. The summed E-state index contributed by atoms with van der Waals surface area (Å²) < 4.78 is 6.23. The molecule has 0 spiro atoms. The van der Waals surface area contributed by atoms with Crippen LogP contribution in [0.1, 0.15) is 39.6 Å². The molecule has 3 rings (SSSR count). The van der Waals surface area contributed by atoms with Crippen LogP contribution in [-0.4, -0.2) is 41.9 Å². The van der Waals surface area contributed by atoms with Gasteiger partial charge in [-0.3, -0.25) is 14.5 Å². The number of aliphatic carboxylic acids is 1. The zero-order valence-corrected chi connectivity index (χ0v) is 17.8. The molecule has 31 heavy (non-hydrogen) atoms. The van der Waals surface area contributed by atoms with Gasteiger partial charge in [0.05, 0.1) is 6.54 Å². The van der Waals surface area contributed by atoms with E-state index in [1.54, 1.807) is 24.1 Å². The second-order valence-corrected chi connectivity index (χ2v) is 7.61. The number of benzene rings is 3. The maximum absolute atomic E-state index is 12.8. The number of hydrogen-bond donors (Lipinski definition) is 1. The molecule has 5 nitrogen and oxygen atoms in total. The molecule has 1 unspecified atom stereocenters. The van der Waals surface area contributed by atoms with E-state index in [-0.39, 0.29) is 18.4 Å². The molecule has 160 valence electrons. The Morgan fingerprint density at radius 3 is 2.23 bits per heavy atom. The minimum absolute atomic E-state index is 0.0143. The van der Waals surface area contributed by atoms with E-state index in [1.807, 2.05) is 73.7 Å². The molecule has 1 atom stereocenters. The first-order valence-electron chi connectivity index (χ1n) is 10.3. The number of carboxylic acids is 1. The summed E-state index contributed by atoms with van der Waals surface area (Å²) >= 11 is 0. The number of rotatable bonds is 10. The SMILES string of the molecule is Cc1ccccc1C(=O)c1ccc(OC(CCN(C)CC(=O)O)c2ccccc2)cc1. The minimum atomic E-state index is -0.853. The molecular weight excluding hydrogens is 390 g/mol. The largest absolute Gasteiger partial charge is 0.486 e. The van der Waals surface area contributed by atoms with Crippen molar-refractivity contribution >= 4 is 11.8 Å². The summed E-state index contributed by atoms with van der Waals surface area (Å²) in [4.78, 5) is 25.5. The maximum atomic E-state index is 12.8. The number of carbonyl (C=O) groups is 2. The molecule has 0 fully saturated rings. The van der Waals surface area contributed by atoms with Crippen LogP contribution in [0.4, 0.5) is 0 Å². The summed E-state index contributed by atoms with van der Waals surface area (Å²) in [6.07, 6.45) is 0.410.